The number of benzene rings is 2. The molecule has 0 fully saturated rings. The highest BCUT2D eigenvalue weighted by Gasteiger charge is 2.20. The van der Waals surface area contributed by atoms with Crippen LogP contribution in [0.1, 0.15) is 21.6 Å². The number of carbonyl (C=O) groups excluding carboxylic acids is 1. The van der Waals surface area contributed by atoms with Crippen LogP contribution < -0.4 is 0 Å². The van der Waals surface area contributed by atoms with Gasteiger partial charge in [0.2, 0.25) is 0 Å². The minimum Gasteiger partial charge on any atom is -0.336 e. The molecule has 0 aliphatic carbocycles. The Labute approximate surface area is 167 Å². The Morgan fingerprint density at radius 2 is 1.79 bits per heavy atom. The van der Waals surface area contributed by atoms with Gasteiger partial charge in [-0.15, -0.1) is 11.3 Å². The van der Waals surface area contributed by atoms with Gasteiger partial charge in [-0.25, -0.2) is 4.39 Å². The molecule has 2 aromatic carbocycles. The molecule has 142 valence electrons. The molecule has 0 radical (unpaired) electrons. The first kappa shape index (κ1) is 18.4. The van der Waals surface area contributed by atoms with Crippen LogP contribution in [0.15, 0.2) is 72.1 Å². The van der Waals surface area contributed by atoms with Crippen LogP contribution in [-0.2, 0) is 19.5 Å². The molecule has 0 saturated carbocycles. The summed E-state index contributed by atoms with van der Waals surface area (Å²) < 4.78 is 16.4. The van der Waals surface area contributed by atoms with Crippen molar-refractivity contribution in [3.05, 3.63) is 94.7 Å². The van der Waals surface area contributed by atoms with Crippen LogP contribution in [0.25, 0.3) is 10.2 Å². The fourth-order valence-corrected chi connectivity index (χ4v) is 4.23. The molecule has 0 atom stereocenters. The van der Waals surface area contributed by atoms with Crippen LogP contribution in [-0.4, -0.2) is 22.4 Å². The van der Waals surface area contributed by atoms with Crippen molar-refractivity contribution in [2.75, 3.05) is 7.05 Å². The first-order chi connectivity index (χ1) is 13.6. The molecule has 0 saturated heterocycles. The van der Waals surface area contributed by atoms with E-state index in [4.69, 9.17) is 0 Å². The Hall–Kier alpha value is -2.92. The Morgan fingerprint density at radius 1 is 1.04 bits per heavy atom. The Balaban J connectivity index is 1.57. The first-order valence-corrected chi connectivity index (χ1v) is 10.1. The number of nitrogens with zero attached hydrogens (tertiary/aromatic N) is 2. The number of hydrogen-bond donors (Lipinski definition) is 0. The standard InChI is InChI=1S/C23H21FN2OS/c1-25(16-18-7-9-19(24)10-8-18)23(27)21-15-22-20(12-14-28-22)26(21)13-11-17-5-3-2-4-6-17/h2-10,12,14-15H,11,13,16H2,1H3. The van der Waals surface area contributed by atoms with Gasteiger partial charge in [0.25, 0.3) is 5.91 Å². The number of halogens is 1. The van der Waals surface area contributed by atoms with E-state index in [-0.39, 0.29) is 11.7 Å². The third-order valence-electron chi connectivity index (χ3n) is 4.89. The largest absolute Gasteiger partial charge is 0.336 e. The third-order valence-corrected chi connectivity index (χ3v) is 5.74. The molecular formula is C23H21FN2OS. The highest BCUT2D eigenvalue weighted by atomic mass is 32.1. The van der Waals surface area contributed by atoms with Crippen molar-refractivity contribution in [3.63, 3.8) is 0 Å². The second kappa shape index (κ2) is 7.98. The highest BCUT2D eigenvalue weighted by molar-refractivity contribution is 7.17. The van der Waals surface area contributed by atoms with Crippen LogP contribution in [0, 0.1) is 5.82 Å². The summed E-state index contributed by atoms with van der Waals surface area (Å²) in [6.45, 7) is 1.19. The number of hydrogen-bond acceptors (Lipinski definition) is 2. The van der Waals surface area contributed by atoms with Gasteiger partial charge >= 0.3 is 0 Å². The van der Waals surface area contributed by atoms with Crippen molar-refractivity contribution >= 4 is 27.5 Å². The van der Waals surface area contributed by atoms with E-state index in [1.54, 1.807) is 35.4 Å². The fourth-order valence-electron chi connectivity index (χ4n) is 3.41. The van der Waals surface area contributed by atoms with E-state index >= 15 is 0 Å². The molecular weight excluding hydrogens is 371 g/mol. The zero-order valence-electron chi connectivity index (χ0n) is 15.6. The molecule has 4 rings (SSSR count). The number of aryl methyl sites for hydroxylation is 2. The second-order valence-corrected chi connectivity index (χ2v) is 7.82. The van der Waals surface area contributed by atoms with E-state index < -0.39 is 0 Å². The summed E-state index contributed by atoms with van der Waals surface area (Å²) in [5.41, 5.74) is 3.95. The molecule has 0 spiro atoms. The summed E-state index contributed by atoms with van der Waals surface area (Å²) in [7, 11) is 1.79. The fraction of sp³-hybridized carbons (Fsp3) is 0.174. The lowest BCUT2D eigenvalue weighted by atomic mass is 10.1. The van der Waals surface area contributed by atoms with Gasteiger partial charge in [-0.3, -0.25) is 4.79 Å². The predicted molar refractivity (Wildman–Crippen MR) is 112 cm³/mol. The van der Waals surface area contributed by atoms with Crippen LogP contribution in [0.3, 0.4) is 0 Å². The van der Waals surface area contributed by atoms with Crippen molar-refractivity contribution in [1.82, 2.24) is 9.47 Å². The predicted octanol–water partition coefficient (Wildman–Crippen LogP) is 5.36. The Morgan fingerprint density at radius 3 is 2.54 bits per heavy atom. The molecule has 0 N–H and O–H groups in total. The summed E-state index contributed by atoms with van der Waals surface area (Å²) in [5, 5.41) is 2.06. The molecule has 1 amide bonds. The summed E-state index contributed by atoms with van der Waals surface area (Å²) >= 11 is 1.65. The van der Waals surface area contributed by atoms with E-state index in [1.165, 1.54) is 17.7 Å². The van der Waals surface area contributed by atoms with Gasteiger partial charge in [0.1, 0.15) is 11.5 Å². The van der Waals surface area contributed by atoms with E-state index in [0.717, 1.165) is 28.7 Å². The number of carbonyl (C=O) groups is 1. The zero-order valence-corrected chi connectivity index (χ0v) is 16.5. The Bertz CT molecular complexity index is 1080. The molecule has 28 heavy (non-hydrogen) atoms. The van der Waals surface area contributed by atoms with E-state index in [2.05, 4.69) is 28.1 Å². The maximum atomic E-state index is 13.2. The van der Waals surface area contributed by atoms with Crippen LogP contribution in [0.5, 0.6) is 0 Å². The monoisotopic (exact) mass is 392 g/mol. The molecule has 2 heterocycles. The molecule has 0 bridgehead atoms. The van der Waals surface area contributed by atoms with E-state index in [9.17, 15) is 9.18 Å². The Kier molecular flexibility index (Phi) is 5.26. The molecule has 4 aromatic rings. The van der Waals surface area contributed by atoms with Crippen molar-refractivity contribution in [3.8, 4) is 0 Å². The minimum absolute atomic E-state index is 0.0270. The number of thiophene rings is 1. The summed E-state index contributed by atoms with van der Waals surface area (Å²) in [4.78, 5) is 14.8. The number of fused-ring (bicyclic) bond motifs is 1. The minimum atomic E-state index is -0.271. The SMILES string of the molecule is CN(Cc1ccc(F)cc1)C(=O)c1cc2sccc2n1CCc1ccccc1. The zero-order chi connectivity index (χ0) is 19.5. The average molecular weight is 392 g/mol. The number of aromatic nitrogens is 1. The molecule has 2 aromatic heterocycles. The number of rotatable bonds is 6. The lowest BCUT2D eigenvalue weighted by Crippen LogP contribution is -2.28. The second-order valence-electron chi connectivity index (χ2n) is 6.87. The van der Waals surface area contributed by atoms with Gasteiger partial charge in [-0.05, 0) is 47.2 Å². The van der Waals surface area contributed by atoms with Gasteiger partial charge < -0.3 is 9.47 Å². The summed E-state index contributed by atoms with van der Waals surface area (Å²) in [6.07, 6.45) is 0.864. The maximum Gasteiger partial charge on any atom is 0.270 e. The van der Waals surface area contributed by atoms with Gasteiger partial charge in [-0.2, -0.15) is 0 Å². The van der Waals surface area contributed by atoms with Crippen LogP contribution in [0.4, 0.5) is 4.39 Å². The molecule has 0 aliphatic heterocycles. The van der Waals surface area contributed by atoms with Crippen molar-refractivity contribution < 1.29 is 9.18 Å². The van der Waals surface area contributed by atoms with E-state index in [0.29, 0.717) is 12.2 Å². The van der Waals surface area contributed by atoms with Gasteiger partial charge in [0.15, 0.2) is 0 Å². The molecule has 3 nitrogen and oxygen atoms in total. The van der Waals surface area contributed by atoms with Crippen LogP contribution in [0.2, 0.25) is 0 Å². The van der Waals surface area contributed by atoms with Crippen molar-refractivity contribution in [2.45, 2.75) is 19.5 Å². The molecule has 0 unspecified atom stereocenters. The molecule has 5 heteroatoms. The van der Waals surface area contributed by atoms with Crippen LogP contribution >= 0.6 is 11.3 Å². The third kappa shape index (κ3) is 3.85. The lowest BCUT2D eigenvalue weighted by Gasteiger charge is -2.19. The first-order valence-electron chi connectivity index (χ1n) is 9.22. The summed E-state index contributed by atoms with van der Waals surface area (Å²) in [6, 6.07) is 20.6. The van der Waals surface area contributed by atoms with E-state index in [1.807, 2.05) is 24.3 Å². The van der Waals surface area contributed by atoms with Gasteiger partial charge in [0, 0.05) is 20.1 Å². The van der Waals surface area contributed by atoms with Gasteiger partial charge in [0.05, 0.1) is 10.2 Å². The smallest absolute Gasteiger partial charge is 0.270 e. The maximum absolute atomic E-state index is 13.2. The number of amides is 1. The van der Waals surface area contributed by atoms with Gasteiger partial charge in [-0.1, -0.05) is 42.5 Å². The highest BCUT2D eigenvalue weighted by Crippen LogP contribution is 2.26. The van der Waals surface area contributed by atoms with Crippen molar-refractivity contribution in [1.29, 1.82) is 0 Å². The summed E-state index contributed by atoms with van der Waals surface area (Å²) in [5.74, 6) is -0.298. The quantitative estimate of drug-likeness (QED) is 0.434. The topological polar surface area (TPSA) is 25.2 Å². The normalized spacial score (nSPS) is 11.1. The molecule has 0 aliphatic rings. The lowest BCUT2D eigenvalue weighted by molar-refractivity contribution is 0.0775. The van der Waals surface area contributed by atoms with Crippen molar-refractivity contribution in [2.24, 2.45) is 0 Å². The average Bonchev–Trinajstić information content (AvgIpc) is 3.30.